The van der Waals surface area contributed by atoms with E-state index < -0.39 is 10.0 Å². The Kier molecular flexibility index (Phi) is 8.87. The molecule has 0 aliphatic carbocycles. The molecule has 8 heteroatoms. The van der Waals surface area contributed by atoms with Crippen LogP contribution in [0.3, 0.4) is 0 Å². The quantitative estimate of drug-likeness (QED) is 0.193. The topological polar surface area (TPSA) is 75.7 Å². The van der Waals surface area contributed by atoms with Crippen LogP contribution < -0.4 is 14.4 Å². The van der Waals surface area contributed by atoms with Gasteiger partial charge in [-0.3, -0.25) is 9.10 Å². The minimum absolute atomic E-state index is 0.121. The molecule has 0 heterocycles. The molecule has 6 nitrogen and oxygen atoms in total. The van der Waals surface area contributed by atoms with E-state index in [1.54, 1.807) is 60.3 Å². The number of sulfonamides is 1. The Balaban J connectivity index is 1.49. The Morgan fingerprint density at radius 2 is 1.41 bits per heavy atom. The molecule has 0 aliphatic rings. The predicted octanol–water partition coefficient (Wildman–Crippen LogP) is 5.89. The fraction of sp³-hybridized carbons (Fsp3) is 0.138. The van der Waals surface area contributed by atoms with E-state index in [9.17, 15) is 13.2 Å². The lowest BCUT2D eigenvalue weighted by atomic mass is 10.2. The summed E-state index contributed by atoms with van der Waals surface area (Å²) in [6.07, 6.45) is 0. The maximum Gasteiger partial charge on any atom is 0.264 e. The first-order chi connectivity index (χ1) is 17.9. The number of amides is 1. The van der Waals surface area contributed by atoms with Gasteiger partial charge in [-0.05, 0) is 67.6 Å². The third kappa shape index (κ3) is 7.38. The Labute approximate surface area is 222 Å². The molecule has 0 spiro atoms. The second-order valence-corrected chi connectivity index (χ2v) is 11.3. The van der Waals surface area contributed by atoms with E-state index in [1.807, 2.05) is 67.6 Å². The molecule has 0 aromatic heterocycles. The van der Waals surface area contributed by atoms with Gasteiger partial charge in [-0.15, -0.1) is 11.8 Å². The minimum atomic E-state index is -3.98. The summed E-state index contributed by atoms with van der Waals surface area (Å²) in [5.74, 6) is 1.53. The van der Waals surface area contributed by atoms with Crippen molar-refractivity contribution in [2.45, 2.75) is 16.7 Å². The summed E-state index contributed by atoms with van der Waals surface area (Å²) in [5.41, 5.74) is 1.32. The zero-order valence-electron chi connectivity index (χ0n) is 20.4. The number of carbonyl (C=O) groups excluding carboxylic acids is 1. The molecule has 37 heavy (non-hydrogen) atoms. The summed E-state index contributed by atoms with van der Waals surface area (Å²) in [6, 6.07) is 32.5. The van der Waals surface area contributed by atoms with Gasteiger partial charge in [0.1, 0.15) is 18.0 Å². The van der Waals surface area contributed by atoms with Gasteiger partial charge in [0, 0.05) is 17.2 Å². The monoisotopic (exact) mass is 532 g/mol. The van der Waals surface area contributed by atoms with Crippen LogP contribution in [0.5, 0.6) is 11.5 Å². The van der Waals surface area contributed by atoms with Crippen molar-refractivity contribution >= 4 is 33.4 Å². The summed E-state index contributed by atoms with van der Waals surface area (Å²) in [6.45, 7) is 1.96. The van der Waals surface area contributed by atoms with Crippen LogP contribution in [0.1, 0.15) is 5.56 Å². The number of carbonyl (C=O) groups is 1. The lowest BCUT2D eigenvalue weighted by molar-refractivity contribution is -0.119. The van der Waals surface area contributed by atoms with Gasteiger partial charge in [0.05, 0.1) is 10.6 Å². The molecule has 0 aliphatic heterocycles. The molecule has 190 valence electrons. The smallest absolute Gasteiger partial charge is 0.264 e. The molecule has 0 atom stereocenters. The van der Waals surface area contributed by atoms with Crippen LogP contribution in [0.15, 0.2) is 119 Å². The lowest BCUT2D eigenvalue weighted by Crippen LogP contribution is -2.41. The minimum Gasteiger partial charge on any atom is -0.457 e. The summed E-state index contributed by atoms with van der Waals surface area (Å²) >= 11 is 1.62. The second-order valence-electron chi connectivity index (χ2n) is 8.25. The van der Waals surface area contributed by atoms with Gasteiger partial charge in [0.15, 0.2) is 0 Å². The van der Waals surface area contributed by atoms with E-state index in [0.29, 0.717) is 29.5 Å². The first-order valence-corrected chi connectivity index (χ1v) is 14.2. The van der Waals surface area contributed by atoms with E-state index in [-0.39, 0.29) is 17.3 Å². The number of thioether (sulfide) groups is 1. The van der Waals surface area contributed by atoms with E-state index >= 15 is 0 Å². The second kappa shape index (κ2) is 12.5. The van der Waals surface area contributed by atoms with Crippen molar-refractivity contribution in [3.8, 4) is 11.5 Å². The van der Waals surface area contributed by atoms with Crippen molar-refractivity contribution in [2.24, 2.45) is 0 Å². The number of benzene rings is 4. The maximum absolute atomic E-state index is 13.6. The average Bonchev–Trinajstić information content (AvgIpc) is 2.92. The molecule has 0 saturated carbocycles. The summed E-state index contributed by atoms with van der Waals surface area (Å²) in [5, 5.41) is 2.84. The van der Waals surface area contributed by atoms with Crippen molar-refractivity contribution in [1.82, 2.24) is 5.32 Å². The zero-order valence-corrected chi connectivity index (χ0v) is 22.0. The van der Waals surface area contributed by atoms with E-state index in [0.717, 1.165) is 14.8 Å². The van der Waals surface area contributed by atoms with E-state index in [2.05, 4.69) is 5.32 Å². The number of rotatable bonds is 11. The summed E-state index contributed by atoms with van der Waals surface area (Å²) < 4.78 is 34.1. The summed E-state index contributed by atoms with van der Waals surface area (Å²) in [4.78, 5) is 14.1. The molecule has 4 rings (SSSR count). The Hall–Kier alpha value is -3.75. The Morgan fingerprint density at radius 3 is 2.05 bits per heavy atom. The van der Waals surface area contributed by atoms with Crippen LogP contribution in [0.25, 0.3) is 0 Å². The van der Waals surface area contributed by atoms with E-state index in [1.165, 1.54) is 0 Å². The molecule has 0 unspecified atom stereocenters. The van der Waals surface area contributed by atoms with Gasteiger partial charge in [-0.2, -0.15) is 0 Å². The number of hydrogen-bond acceptors (Lipinski definition) is 5. The number of aryl methyl sites for hydroxylation is 1. The van der Waals surface area contributed by atoms with Gasteiger partial charge in [-0.1, -0.05) is 54.1 Å². The van der Waals surface area contributed by atoms with Crippen LogP contribution >= 0.6 is 11.8 Å². The van der Waals surface area contributed by atoms with Crippen molar-refractivity contribution < 1.29 is 17.9 Å². The molecule has 0 saturated heterocycles. The highest BCUT2D eigenvalue weighted by atomic mass is 32.2. The van der Waals surface area contributed by atoms with Gasteiger partial charge < -0.3 is 10.1 Å². The zero-order chi connectivity index (χ0) is 26.1. The number of nitrogens with one attached hydrogen (secondary N) is 1. The molecule has 1 amide bonds. The number of ether oxygens (including phenoxy) is 1. The number of para-hydroxylation sites is 1. The molecule has 0 bridgehead atoms. The standard InChI is InChI=1S/C29H28N2O4S2/c1-23-12-18-28(19-13-23)37(33,34)31(22-29(32)30-20-21-36-27-10-6-3-7-11-27)24-14-16-26(17-15-24)35-25-8-4-2-5-9-25/h2-19H,20-22H2,1H3,(H,30,32). The molecular weight excluding hydrogens is 504 g/mol. The lowest BCUT2D eigenvalue weighted by Gasteiger charge is -2.24. The Bertz CT molecular complexity index is 1390. The van der Waals surface area contributed by atoms with Crippen molar-refractivity contribution in [1.29, 1.82) is 0 Å². The van der Waals surface area contributed by atoms with Gasteiger partial charge >= 0.3 is 0 Å². The largest absolute Gasteiger partial charge is 0.457 e. The highest BCUT2D eigenvalue weighted by Crippen LogP contribution is 2.28. The Morgan fingerprint density at radius 1 is 0.811 bits per heavy atom. The van der Waals surface area contributed by atoms with Crippen LogP contribution in [0.4, 0.5) is 5.69 Å². The molecule has 0 fully saturated rings. The first-order valence-electron chi connectivity index (χ1n) is 11.8. The highest BCUT2D eigenvalue weighted by Gasteiger charge is 2.27. The normalized spacial score (nSPS) is 11.1. The highest BCUT2D eigenvalue weighted by molar-refractivity contribution is 7.99. The number of nitrogens with zero attached hydrogens (tertiary/aromatic N) is 1. The van der Waals surface area contributed by atoms with Gasteiger partial charge in [0.25, 0.3) is 10.0 Å². The van der Waals surface area contributed by atoms with Gasteiger partial charge in [0.2, 0.25) is 5.91 Å². The summed E-state index contributed by atoms with van der Waals surface area (Å²) in [7, 11) is -3.98. The van der Waals surface area contributed by atoms with Crippen LogP contribution in [0, 0.1) is 6.92 Å². The number of hydrogen-bond donors (Lipinski definition) is 1. The van der Waals surface area contributed by atoms with Crippen LogP contribution in [-0.4, -0.2) is 33.2 Å². The SMILES string of the molecule is Cc1ccc(S(=O)(=O)N(CC(=O)NCCSc2ccccc2)c2ccc(Oc3ccccc3)cc2)cc1. The molecule has 4 aromatic rings. The van der Waals surface area contributed by atoms with E-state index in [4.69, 9.17) is 4.74 Å². The fourth-order valence-corrected chi connectivity index (χ4v) is 5.73. The molecule has 4 aromatic carbocycles. The van der Waals surface area contributed by atoms with Crippen LogP contribution in [0.2, 0.25) is 0 Å². The molecular formula is C29H28N2O4S2. The van der Waals surface area contributed by atoms with Gasteiger partial charge in [-0.25, -0.2) is 8.42 Å². The third-order valence-corrected chi connectivity index (χ3v) is 8.24. The van der Waals surface area contributed by atoms with Crippen molar-refractivity contribution in [2.75, 3.05) is 23.1 Å². The van der Waals surface area contributed by atoms with Crippen LogP contribution in [-0.2, 0) is 14.8 Å². The molecule has 0 radical (unpaired) electrons. The fourth-order valence-electron chi connectivity index (χ4n) is 3.52. The average molecular weight is 533 g/mol. The molecule has 1 N–H and O–H groups in total. The third-order valence-electron chi connectivity index (χ3n) is 5.44. The predicted molar refractivity (Wildman–Crippen MR) is 149 cm³/mol. The van der Waals surface area contributed by atoms with Crippen molar-refractivity contribution in [3.63, 3.8) is 0 Å². The number of anilines is 1. The maximum atomic E-state index is 13.6. The first kappa shape index (κ1) is 26.3. The van der Waals surface area contributed by atoms with Crippen molar-refractivity contribution in [3.05, 3.63) is 115 Å².